The molecule has 3 aromatic heterocycles. The molecule has 1 aliphatic rings. The van der Waals surface area contributed by atoms with Crippen molar-refractivity contribution in [3.8, 4) is 11.3 Å². The van der Waals surface area contributed by atoms with E-state index in [0.29, 0.717) is 33.6 Å². The quantitative estimate of drug-likeness (QED) is 0.527. The van der Waals surface area contributed by atoms with E-state index < -0.39 is 5.63 Å². The number of hydrogen-bond acceptors (Lipinski definition) is 5. The molecule has 0 spiro atoms. The number of rotatable bonds is 2. The summed E-state index contributed by atoms with van der Waals surface area (Å²) in [5.41, 5.74) is 2.83. The van der Waals surface area contributed by atoms with E-state index in [4.69, 9.17) is 16.0 Å². The van der Waals surface area contributed by atoms with E-state index in [2.05, 4.69) is 28.2 Å². The number of halogens is 1. The van der Waals surface area contributed by atoms with Crippen LogP contribution in [-0.2, 0) is 0 Å². The minimum atomic E-state index is -0.405. The Hall–Kier alpha value is -2.83. The standard InChI is InChI=1S/C21H19ClN4O2/c1-13-11-25(8-6-23-13)15-5-4-14-9-16(21(27)28-19(14)10-15)18-12-26-7-2-3-17(22)20(26)24-18/h2-5,7,9-10,12-13,23H,6,8,11H2,1H3. The Morgan fingerprint density at radius 1 is 1.29 bits per heavy atom. The molecule has 28 heavy (non-hydrogen) atoms. The van der Waals surface area contributed by atoms with Gasteiger partial charge in [-0.05, 0) is 37.3 Å². The fourth-order valence-corrected chi connectivity index (χ4v) is 3.96. The summed E-state index contributed by atoms with van der Waals surface area (Å²) in [7, 11) is 0. The van der Waals surface area contributed by atoms with Crippen molar-refractivity contribution in [2.45, 2.75) is 13.0 Å². The summed E-state index contributed by atoms with van der Waals surface area (Å²) in [6.45, 7) is 4.97. The average Bonchev–Trinajstić information content (AvgIpc) is 3.12. The predicted molar refractivity (Wildman–Crippen MR) is 111 cm³/mol. The molecule has 7 heteroatoms. The van der Waals surface area contributed by atoms with E-state index in [1.54, 1.807) is 16.7 Å². The number of imidazole rings is 1. The van der Waals surface area contributed by atoms with E-state index in [0.717, 1.165) is 30.7 Å². The summed E-state index contributed by atoms with van der Waals surface area (Å²) >= 11 is 6.20. The van der Waals surface area contributed by atoms with Crippen molar-refractivity contribution in [3.63, 3.8) is 0 Å². The molecule has 1 unspecified atom stereocenters. The number of nitrogens with zero attached hydrogens (tertiary/aromatic N) is 3. The molecule has 1 fully saturated rings. The second kappa shape index (κ2) is 6.65. The van der Waals surface area contributed by atoms with Gasteiger partial charge in [-0.15, -0.1) is 0 Å². The first-order valence-electron chi connectivity index (χ1n) is 9.28. The monoisotopic (exact) mass is 394 g/mol. The van der Waals surface area contributed by atoms with Gasteiger partial charge in [0, 0.05) is 55.2 Å². The SMILES string of the molecule is CC1CN(c2ccc3cc(-c4cn5cccc(Cl)c5n4)c(=O)oc3c2)CCN1. The molecule has 5 rings (SSSR count). The van der Waals surface area contributed by atoms with E-state index in [9.17, 15) is 4.79 Å². The lowest BCUT2D eigenvalue weighted by Gasteiger charge is -2.33. The van der Waals surface area contributed by atoms with E-state index in [1.807, 2.05) is 30.5 Å². The lowest BCUT2D eigenvalue weighted by molar-refractivity contribution is 0.484. The Morgan fingerprint density at radius 3 is 3.00 bits per heavy atom. The first kappa shape index (κ1) is 17.3. The fourth-order valence-electron chi connectivity index (χ4n) is 3.75. The van der Waals surface area contributed by atoms with Gasteiger partial charge < -0.3 is 19.0 Å². The molecule has 0 radical (unpaired) electrons. The minimum absolute atomic E-state index is 0.405. The number of aromatic nitrogens is 2. The molecule has 0 bridgehead atoms. The van der Waals surface area contributed by atoms with Crippen molar-refractivity contribution >= 4 is 33.9 Å². The van der Waals surface area contributed by atoms with Crippen LogP contribution in [0.1, 0.15) is 6.92 Å². The number of pyridine rings is 1. The zero-order chi connectivity index (χ0) is 19.3. The Bertz CT molecular complexity index is 1250. The Kier molecular flexibility index (Phi) is 4.10. The molecule has 1 aliphatic heterocycles. The lowest BCUT2D eigenvalue weighted by Crippen LogP contribution is -2.49. The van der Waals surface area contributed by atoms with Gasteiger partial charge in [0.1, 0.15) is 5.58 Å². The van der Waals surface area contributed by atoms with Crippen LogP contribution >= 0.6 is 11.6 Å². The largest absolute Gasteiger partial charge is 0.422 e. The van der Waals surface area contributed by atoms with Gasteiger partial charge in [-0.3, -0.25) is 0 Å². The highest BCUT2D eigenvalue weighted by molar-refractivity contribution is 6.33. The molecule has 4 heterocycles. The molecule has 6 nitrogen and oxygen atoms in total. The topological polar surface area (TPSA) is 62.8 Å². The Labute approximate surface area is 166 Å². The highest BCUT2D eigenvalue weighted by atomic mass is 35.5. The fraction of sp³-hybridized carbons (Fsp3) is 0.238. The van der Waals surface area contributed by atoms with E-state index in [1.165, 1.54) is 0 Å². The summed E-state index contributed by atoms with van der Waals surface area (Å²) in [5.74, 6) is 0. The minimum Gasteiger partial charge on any atom is -0.422 e. The van der Waals surface area contributed by atoms with Crippen LogP contribution in [0.25, 0.3) is 27.9 Å². The number of hydrogen-bond donors (Lipinski definition) is 1. The molecule has 142 valence electrons. The van der Waals surface area contributed by atoms with Crippen molar-refractivity contribution in [3.05, 3.63) is 64.2 Å². The number of nitrogens with one attached hydrogen (secondary N) is 1. The zero-order valence-corrected chi connectivity index (χ0v) is 16.1. The second-order valence-electron chi connectivity index (χ2n) is 7.18. The second-order valence-corrected chi connectivity index (χ2v) is 7.59. The van der Waals surface area contributed by atoms with Gasteiger partial charge >= 0.3 is 5.63 Å². The Balaban J connectivity index is 1.57. The summed E-state index contributed by atoms with van der Waals surface area (Å²) in [6, 6.07) is 11.9. The molecule has 1 atom stereocenters. The molecule has 0 saturated carbocycles. The van der Waals surface area contributed by atoms with Crippen LogP contribution in [0.4, 0.5) is 5.69 Å². The number of benzene rings is 1. The molecule has 1 N–H and O–H groups in total. The molecule has 0 aliphatic carbocycles. The third kappa shape index (κ3) is 2.95. The molecule has 4 aromatic rings. The van der Waals surface area contributed by atoms with Crippen LogP contribution in [-0.4, -0.2) is 35.1 Å². The first-order chi connectivity index (χ1) is 13.6. The van der Waals surface area contributed by atoms with Gasteiger partial charge in [-0.1, -0.05) is 11.6 Å². The third-order valence-corrected chi connectivity index (χ3v) is 5.46. The van der Waals surface area contributed by atoms with Crippen molar-refractivity contribution in [2.24, 2.45) is 0 Å². The van der Waals surface area contributed by atoms with Crippen LogP contribution < -0.4 is 15.8 Å². The normalized spacial score (nSPS) is 17.5. The number of piperazine rings is 1. The number of anilines is 1. The summed E-state index contributed by atoms with van der Waals surface area (Å²) in [6.07, 6.45) is 3.64. The molecular formula is C21H19ClN4O2. The highest BCUT2D eigenvalue weighted by Gasteiger charge is 2.18. The molecular weight excluding hydrogens is 376 g/mol. The maximum atomic E-state index is 12.7. The third-order valence-electron chi connectivity index (χ3n) is 5.16. The van der Waals surface area contributed by atoms with Crippen LogP contribution in [0.5, 0.6) is 0 Å². The van der Waals surface area contributed by atoms with Gasteiger partial charge in [0.2, 0.25) is 0 Å². The molecule has 1 saturated heterocycles. The van der Waals surface area contributed by atoms with Gasteiger partial charge in [0.15, 0.2) is 5.65 Å². The molecule has 0 amide bonds. The number of fused-ring (bicyclic) bond motifs is 2. The maximum absolute atomic E-state index is 12.7. The highest BCUT2D eigenvalue weighted by Crippen LogP contribution is 2.26. The van der Waals surface area contributed by atoms with Crippen LogP contribution in [0, 0.1) is 0 Å². The smallest absolute Gasteiger partial charge is 0.345 e. The van der Waals surface area contributed by atoms with Crippen molar-refractivity contribution in [1.29, 1.82) is 0 Å². The lowest BCUT2D eigenvalue weighted by atomic mass is 10.1. The zero-order valence-electron chi connectivity index (χ0n) is 15.4. The molecule has 1 aromatic carbocycles. The predicted octanol–water partition coefficient (Wildman–Crippen LogP) is 3.56. The Morgan fingerprint density at radius 2 is 2.18 bits per heavy atom. The van der Waals surface area contributed by atoms with E-state index in [-0.39, 0.29) is 0 Å². The van der Waals surface area contributed by atoms with Gasteiger partial charge in [-0.25, -0.2) is 9.78 Å². The average molecular weight is 395 g/mol. The van der Waals surface area contributed by atoms with Gasteiger partial charge in [-0.2, -0.15) is 0 Å². The van der Waals surface area contributed by atoms with Crippen molar-refractivity contribution in [1.82, 2.24) is 14.7 Å². The van der Waals surface area contributed by atoms with Crippen molar-refractivity contribution < 1.29 is 4.42 Å². The van der Waals surface area contributed by atoms with Crippen molar-refractivity contribution in [2.75, 3.05) is 24.5 Å². The first-order valence-corrected chi connectivity index (χ1v) is 9.66. The summed E-state index contributed by atoms with van der Waals surface area (Å²) in [5, 5.41) is 4.84. The van der Waals surface area contributed by atoms with Crippen LogP contribution in [0.2, 0.25) is 5.02 Å². The van der Waals surface area contributed by atoms with Gasteiger partial charge in [0.25, 0.3) is 0 Å². The van der Waals surface area contributed by atoms with E-state index >= 15 is 0 Å². The van der Waals surface area contributed by atoms with Gasteiger partial charge in [0.05, 0.1) is 16.3 Å². The summed E-state index contributed by atoms with van der Waals surface area (Å²) in [4.78, 5) is 19.5. The summed E-state index contributed by atoms with van der Waals surface area (Å²) < 4.78 is 7.45. The maximum Gasteiger partial charge on any atom is 0.345 e. The van der Waals surface area contributed by atoms with Crippen LogP contribution in [0.3, 0.4) is 0 Å². The van der Waals surface area contributed by atoms with Crippen LogP contribution in [0.15, 0.2) is 58.0 Å².